The number of aryl methyl sites for hydroxylation is 1. The van der Waals surface area contributed by atoms with E-state index in [0.29, 0.717) is 5.56 Å². The standard InChI is InChI=1S/C12H10N2O.C2H6/c1-8-9(6-13)7-14-12-4-3-10(15-2)5-11(8)12;1-2/h3-5,7H,1-2H3;1-2H3. The van der Waals surface area contributed by atoms with Gasteiger partial charge in [-0.1, -0.05) is 13.8 Å². The Kier molecular flexibility index (Phi) is 4.47. The van der Waals surface area contributed by atoms with Crippen LogP contribution in [0.3, 0.4) is 0 Å². The van der Waals surface area contributed by atoms with Gasteiger partial charge in [-0.05, 0) is 30.7 Å². The predicted octanol–water partition coefficient (Wildman–Crippen LogP) is 3.45. The zero-order chi connectivity index (χ0) is 12.8. The maximum atomic E-state index is 8.88. The van der Waals surface area contributed by atoms with E-state index in [-0.39, 0.29) is 0 Å². The molecule has 0 amide bonds. The number of benzene rings is 1. The summed E-state index contributed by atoms with van der Waals surface area (Å²) in [7, 11) is 1.62. The Bertz CT molecular complexity index is 556. The Morgan fingerprint density at radius 3 is 2.59 bits per heavy atom. The summed E-state index contributed by atoms with van der Waals surface area (Å²) in [6, 6.07) is 7.78. The molecule has 0 saturated carbocycles. The molecule has 0 aliphatic rings. The molecule has 0 atom stereocenters. The van der Waals surface area contributed by atoms with E-state index >= 15 is 0 Å². The molecular formula is C14H16N2O. The number of fused-ring (bicyclic) bond motifs is 1. The topological polar surface area (TPSA) is 45.9 Å². The van der Waals surface area contributed by atoms with Crippen LogP contribution in [0.5, 0.6) is 5.75 Å². The van der Waals surface area contributed by atoms with E-state index in [1.165, 1.54) is 0 Å². The maximum Gasteiger partial charge on any atom is 0.119 e. The van der Waals surface area contributed by atoms with Crippen molar-refractivity contribution in [2.24, 2.45) is 0 Å². The van der Waals surface area contributed by atoms with Crippen molar-refractivity contribution in [3.8, 4) is 11.8 Å². The van der Waals surface area contributed by atoms with E-state index in [1.807, 2.05) is 39.0 Å². The lowest BCUT2D eigenvalue weighted by Gasteiger charge is -2.05. The van der Waals surface area contributed by atoms with Gasteiger partial charge in [0.1, 0.15) is 11.8 Å². The minimum atomic E-state index is 0.607. The average molecular weight is 228 g/mol. The summed E-state index contributed by atoms with van der Waals surface area (Å²) in [5, 5.41) is 9.85. The van der Waals surface area contributed by atoms with Gasteiger partial charge in [-0.2, -0.15) is 5.26 Å². The Hall–Kier alpha value is -2.08. The summed E-state index contributed by atoms with van der Waals surface area (Å²) in [6.45, 7) is 5.92. The monoisotopic (exact) mass is 228 g/mol. The summed E-state index contributed by atoms with van der Waals surface area (Å²) >= 11 is 0. The summed E-state index contributed by atoms with van der Waals surface area (Å²) in [5.41, 5.74) is 2.43. The third-order valence-electron chi connectivity index (χ3n) is 2.46. The minimum absolute atomic E-state index is 0.607. The average Bonchev–Trinajstić information content (AvgIpc) is 2.41. The van der Waals surface area contributed by atoms with Crippen LogP contribution in [0, 0.1) is 18.3 Å². The zero-order valence-electron chi connectivity index (χ0n) is 10.6. The molecule has 2 rings (SSSR count). The molecule has 0 bridgehead atoms. The molecule has 0 radical (unpaired) electrons. The molecular weight excluding hydrogens is 212 g/mol. The van der Waals surface area contributed by atoms with Crippen molar-refractivity contribution in [1.82, 2.24) is 4.98 Å². The molecule has 0 saturated heterocycles. The lowest BCUT2D eigenvalue weighted by Crippen LogP contribution is -1.90. The van der Waals surface area contributed by atoms with Crippen LogP contribution in [0.2, 0.25) is 0 Å². The number of ether oxygens (including phenoxy) is 1. The van der Waals surface area contributed by atoms with Crippen LogP contribution in [0.4, 0.5) is 0 Å². The van der Waals surface area contributed by atoms with E-state index in [9.17, 15) is 0 Å². The number of rotatable bonds is 1. The van der Waals surface area contributed by atoms with Gasteiger partial charge in [-0.25, -0.2) is 0 Å². The lowest BCUT2D eigenvalue weighted by atomic mass is 10.1. The fourth-order valence-electron chi connectivity index (χ4n) is 1.54. The van der Waals surface area contributed by atoms with Gasteiger partial charge in [0.15, 0.2) is 0 Å². The Morgan fingerprint density at radius 2 is 2.00 bits per heavy atom. The largest absolute Gasteiger partial charge is 0.497 e. The molecule has 0 spiro atoms. The van der Waals surface area contributed by atoms with Crippen LogP contribution in [0.1, 0.15) is 25.0 Å². The fraction of sp³-hybridized carbons (Fsp3) is 0.286. The summed E-state index contributed by atoms with van der Waals surface area (Å²) < 4.78 is 5.14. The van der Waals surface area contributed by atoms with Gasteiger partial charge in [-0.15, -0.1) is 0 Å². The van der Waals surface area contributed by atoms with Gasteiger partial charge in [0.2, 0.25) is 0 Å². The summed E-state index contributed by atoms with van der Waals surface area (Å²) in [6.07, 6.45) is 1.60. The number of nitrogens with zero attached hydrogens (tertiary/aromatic N) is 2. The molecule has 1 aromatic heterocycles. The highest BCUT2D eigenvalue weighted by molar-refractivity contribution is 5.84. The van der Waals surface area contributed by atoms with E-state index in [0.717, 1.165) is 22.2 Å². The number of hydrogen-bond acceptors (Lipinski definition) is 3. The molecule has 1 heterocycles. The Labute approximate surface area is 102 Å². The van der Waals surface area contributed by atoms with Crippen LogP contribution < -0.4 is 4.74 Å². The van der Waals surface area contributed by atoms with Crippen molar-refractivity contribution >= 4 is 10.9 Å². The number of aromatic nitrogens is 1. The predicted molar refractivity (Wildman–Crippen MR) is 69.1 cm³/mol. The van der Waals surface area contributed by atoms with Crippen LogP contribution in [-0.2, 0) is 0 Å². The van der Waals surface area contributed by atoms with Crippen LogP contribution in [0.25, 0.3) is 10.9 Å². The quantitative estimate of drug-likeness (QED) is 0.751. The summed E-state index contributed by atoms with van der Waals surface area (Å²) in [5.74, 6) is 0.780. The first-order chi connectivity index (χ1) is 8.26. The highest BCUT2D eigenvalue weighted by atomic mass is 16.5. The molecule has 0 unspecified atom stereocenters. The lowest BCUT2D eigenvalue weighted by molar-refractivity contribution is 0.415. The van der Waals surface area contributed by atoms with Gasteiger partial charge in [0.25, 0.3) is 0 Å². The molecule has 0 N–H and O–H groups in total. The third-order valence-corrected chi connectivity index (χ3v) is 2.46. The third kappa shape index (κ3) is 2.54. The van der Waals surface area contributed by atoms with Crippen molar-refractivity contribution in [2.75, 3.05) is 7.11 Å². The number of nitriles is 1. The Balaban J connectivity index is 0.000000686. The van der Waals surface area contributed by atoms with Gasteiger partial charge in [0.05, 0.1) is 18.2 Å². The van der Waals surface area contributed by atoms with Crippen LogP contribution >= 0.6 is 0 Å². The second-order valence-corrected chi connectivity index (χ2v) is 3.29. The number of methoxy groups -OCH3 is 1. The van der Waals surface area contributed by atoms with Crippen LogP contribution in [-0.4, -0.2) is 12.1 Å². The molecule has 3 heteroatoms. The molecule has 0 fully saturated rings. The smallest absolute Gasteiger partial charge is 0.119 e. The molecule has 3 nitrogen and oxygen atoms in total. The summed E-state index contributed by atoms with van der Waals surface area (Å²) in [4.78, 5) is 4.21. The second-order valence-electron chi connectivity index (χ2n) is 3.29. The molecule has 0 aliphatic heterocycles. The van der Waals surface area contributed by atoms with Gasteiger partial charge >= 0.3 is 0 Å². The second kappa shape index (κ2) is 5.86. The first-order valence-corrected chi connectivity index (χ1v) is 5.59. The van der Waals surface area contributed by atoms with Gasteiger partial charge < -0.3 is 4.74 Å². The van der Waals surface area contributed by atoms with E-state index in [2.05, 4.69) is 11.1 Å². The van der Waals surface area contributed by atoms with E-state index in [4.69, 9.17) is 10.00 Å². The van der Waals surface area contributed by atoms with Crippen molar-refractivity contribution in [2.45, 2.75) is 20.8 Å². The SMILES string of the molecule is CC.COc1ccc2ncc(C#N)c(C)c2c1. The minimum Gasteiger partial charge on any atom is -0.497 e. The van der Waals surface area contributed by atoms with Crippen molar-refractivity contribution < 1.29 is 4.74 Å². The highest BCUT2D eigenvalue weighted by Crippen LogP contribution is 2.23. The molecule has 88 valence electrons. The zero-order valence-corrected chi connectivity index (χ0v) is 10.6. The van der Waals surface area contributed by atoms with Crippen molar-refractivity contribution in [3.63, 3.8) is 0 Å². The first kappa shape index (κ1) is 13.0. The fourth-order valence-corrected chi connectivity index (χ4v) is 1.54. The first-order valence-electron chi connectivity index (χ1n) is 5.59. The normalized spacial score (nSPS) is 9.12. The van der Waals surface area contributed by atoms with Crippen LogP contribution in [0.15, 0.2) is 24.4 Å². The van der Waals surface area contributed by atoms with E-state index in [1.54, 1.807) is 13.3 Å². The van der Waals surface area contributed by atoms with Gasteiger partial charge in [-0.3, -0.25) is 4.98 Å². The van der Waals surface area contributed by atoms with Crippen molar-refractivity contribution in [3.05, 3.63) is 35.5 Å². The highest BCUT2D eigenvalue weighted by Gasteiger charge is 2.05. The molecule has 1 aromatic carbocycles. The van der Waals surface area contributed by atoms with E-state index < -0.39 is 0 Å². The van der Waals surface area contributed by atoms with Gasteiger partial charge in [0, 0.05) is 11.6 Å². The number of pyridine rings is 1. The molecule has 17 heavy (non-hydrogen) atoms. The maximum absolute atomic E-state index is 8.88. The Morgan fingerprint density at radius 1 is 1.29 bits per heavy atom. The molecule has 0 aliphatic carbocycles. The van der Waals surface area contributed by atoms with Crippen molar-refractivity contribution in [1.29, 1.82) is 5.26 Å². The molecule has 2 aromatic rings. The number of hydrogen-bond donors (Lipinski definition) is 0.